The first-order valence-corrected chi connectivity index (χ1v) is 6.50. The van der Waals surface area contributed by atoms with Crippen molar-refractivity contribution in [1.82, 2.24) is 0 Å². The lowest BCUT2D eigenvalue weighted by Gasteiger charge is -2.29. The SMILES string of the molecule is CC(C)(C)C(=O)N(CCC(=O)O)c1ccc(C(=O)O)cc1. The molecule has 0 saturated carbocycles. The number of hydrogen-bond donors (Lipinski definition) is 2. The molecule has 0 spiro atoms. The second-order valence-electron chi connectivity index (χ2n) is 5.70. The van der Waals surface area contributed by atoms with Crippen LogP contribution >= 0.6 is 0 Å². The Bertz CT molecular complexity index is 542. The van der Waals surface area contributed by atoms with Gasteiger partial charge in [-0.2, -0.15) is 0 Å². The molecule has 0 aliphatic heterocycles. The summed E-state index contributed by atoms with van der Waals surface area (Å²) in [5, 5.41) is 17.7. The van der Waals surface area contributed by atoms with Crippen molar-refractivity contribution in [2.24, 2.45) is 5.41 Å². The van der Waals surface area contributed by atoms with E-state index >= 15 is 0 Å². The molecule has 0 aliphatic rings. The fourth-order valence-corrected chi connectivity index (χ4v) is 1.74. The summed E-state index contributed by atoms with van der Waals surface area (Å²) in [5.74, 6) is -2.27. The van der Waals surface area contributed by atoms with E-state index in [4.69, 9.17) is 10.2 Å². The van der Waals surface area contributed by atoms with Gasteiger partial charge in [-0.05, 0) is 24.3 Å². The van der Waals surface area contributed by atoms with E-state index in [0.29, 0.717) is 5.69 Å². The average molecular weight is 293 g/mol. The van der Waals surface area contributed by atoms with E-state index in [1.807, 2.05) is 0 Å². The zero-order valence-electron chi connectivity index (χ0n) is 12.3. The molecule has 0 aromatic heterocycles. The molecule has 1 aromatic rings. The number of carboxylic acid groups (broad SMARTS) is 2. The van der Waals surface area contributed by atoms with Crippen molar-refractivity contribution in [3.8, 4) is 0 Å². The molecule has 0 fully saturated rings. The average Bonchev–Trinajstić information content (AvgIpc) is 2.37. The standard InChI is InChI=1S/C15H19NO5/c1-15(2,3)14(21)16(9-8-12(17)18)11-6-4-10(5-7-11)13(19)20/h4-7H,8-9H2,1-3H3,(H,17,18)(H,19,20). The Kier molecular flexibility index (Phi) is 5.07. The molecule has 0 bridgehead atoms. The van der Waals surface area contributed by atoms with Gasteiger partial charge in [-0.1, -0.05) is 20.8 Å². The lowest BCUT2D eigenvalue weighted by molar-refractivity contribution is -0.136. The predicted molar refractivity (Wildman–Crippen MR) is 77.5 cm³/mol. The van der Waals surface area contributed by atoms with Gasteiger partial charge in [-0.3, -0.25) is 9.59 Å². The van der Waals surface area contributed by atoms with Gasteiger partial charge in [-0.25, -0.2) is 4.79 Å². The number of rotatable bonds is 5. The van der Waals surface area contributed by atoms with E-state index in [0.717, 1.165) is 0 Å². The number of nitrogens with zero attached hydrogens (tertiary/aromatic N) is 1. The van der Waals surface area contributed by atoms with Crippen molar-refractivity contribution >= 4 is 23.5 Å². The van der Waals surface area contributed by atoms with Crippen LogP contribution in [0.2, 0.25) is 0 Å². The number of carbonyl (C=O) groups is 3. The van der Waals surface area contributed by atoms with Crippen molar-refractivity contribution in [2.75, 3.05) is 11.4 Å². The predicted octanol–water partition coefficient (Wildman–Crippen LogP) is 2.24. The molecule has 2 N–H and O–H groups in total. The van der Waals surface area contributed by atoms with Gasteiger partial charge in [-0.15, -0.1) is 0 Å². The third kappa shape index (κ3) is 4.59. The molecule has 0 heterocycles. The molecule has 0 aliphatic carbocycles. The van der Waals surface area contributed by atoms with Gasteiger partial charge in [0.05, 0.1) is 12.0 Å². The molecule has 1 amide bonds. The van der Waals surface area contributed by atoms with Crippen LogP contribution in [-0.2, 0) is 9.59 Å². The van der Waals surface area contributed by atoms with Gasteiger partial charge >= 0.3 is 11.9 Å². The van der Waals surface area contributed by atoms with Crippen LogP contribution in [0, 0.1) is 5.41 Å². The zero-order chi connectivity index (χ0) is 16.2. The van der Waals surface area contributed by atoms with E-state index < -0.39 is 17.4 Å². The van der Waals surface area contributed by atoms with Crippen molar-refractivity contribution in [3.63, 3.8) is 0 Å². The van der Waals surface area contributed by atoms with Gasteiger partial charge in [0.25, 0.3) is 0 Å². The first kappa shape index (κ1) is 16.7. The highest BCUT2D eigenvalue weighted by Crippen LogP contribution is 2.24. The summed E-state index contributed by atoms with van der Waals surface area (Å²) >= 11 is 0. The quantitative estimate of drug-likeness (QED) is 0.868. The molecule has 1 rings (SSSR count). The first-order chi connectivity index (χ1) is 9.62. The summed E-state index contributed by atoms with van der Waals surface area (Å²) in [4.78, 5) is 35.4. The van der Waals surface area contributed by atoms with Gasteiger partial charge in [0, 0.05) is 17.6 Å². The smallest absolute Gasteiger partial charge is 0.335 e. The summed E-state index contributed by atoms with van der Waals surface area (Å²) in [5.41, 5.74) is -0.0643. The highest BCUT2D eigenvalue weighted by molar-refractivity contribution is 5.97. The lowest BCUT2D eigenvalue weighted by atomic mass is 9.94. The minimum atomic E-state index is -1.05. The third-order valence-corrected chi connectivity index (χ3v) is 2.86. The van der Waals surface area contributed by atoms with E-state index in [-0.39, 0.29) is 24.4 Å². The molecule has 0 atom stereocenters. The van der Waals surface area contributed by atoms with Crippen LogP contribution < -0.4 is 4.90 Å². The Morgan fingerprint density at radius 2 is 1.57 bits per heavy atom. The summed E-state index contributed by atoms with van der Waals surface area (Å²) in [6.07, 6.45) is -0.178. The Balaban J connectivity index is 3.08. The molecule has 0 unspecified atom stereocenters. The summed E-state index contributed by atoms with van der Waals surface area (Å²) in [6, 6.07) is 5.80. The van der Waals surface area contributed by atoms with Crippen molar-refractivity contribution in [2.45, 2.75) is 27.2 Å². The molecule has 6 heteroatoms. The topological polar surface area (TPSA) is 94.9 Å². The van der Waals surface area contributed by atoms with Gasteiger partial charge in [0.1, 0.15) is 0 Å². The molecule has 0 radical (unpaired) electrons. The maximum absolute atomic E-state index is 12.4. The van der Waals surface area contributed by atoms with E-state index in [1.165, 1.54) is 29.2 Å². The van der Waals surface area contributed by atoms with Crippen LogP contribution in [0.25, 0.3) is 0 Å². The Morgan fingerprint density at radius 3 is 1.95 bits per heavy atom. The molecule has 6 nitrogen and oxygen atoms in total. The van der Waals surface area contributed by atoms with Gasteiger partial charge in [0.15, 0.2) is 0 Å². The number of aliphatic carboxylic acids is 1. The monoisotopic (exact) mass is 293 g/mol. The Hall–Kier alpha value is -2.37. The van der Waals surface area contributed by atoms with Gasteiger partial charge < -0.3 is 15.1 Å². The Labute approximate surface area is 123 Å². The minimum Gasteiger partial charge on any atom is -0.481 e. The van der Waals surface area contributed by atoms with Crippen LogP contribution in [0.15, 0.2) is 24.3 Å². The van der Waals surface area contributed by atoms with Crippen LogP contribution in [-0.4, -0.2) is 34.6 Å². The fraction of sp³-hybridized carbons (Fsp3) is 0.400. The summed E-state index contributed by atoms with van der Waals surface area (Å²) in [7, 11) is 0. The largest absolute Gasteiger partial charge is 0.481 e. The summed E-state index contributed by atoms with van der Waals surface area (Å²) in [6.45, 7) is 5.27. The molecule has 0 saturated heterocycles. The van der Waals surface area contributed by atoms with E-state index in [2.05, 4.69) is 0 Å². The van der Waals surface area contributed by atoms with Crippen LogP contribution in [0.4, 0.5) is 5.69 Å². The molecular formula is C15H19NO5. The zero-order valence-corrected chi connectivity index (χ0v) is 12.3. The van der Waals surface area contributed by atoms with Crippen LogP contribution in [0.3, 0.4) is 0 Å². The van der Waals surface area contributed by atoms with Crippen molar-refractivity contribution in [3.05, 3.63) is 29.8 Å². The lowest BCUT2D eigenvalue weighted by Crippen LogP contribution is -2.40. The van der Waals surface area contributed by atoms with Gasteiger partial charge in [0.2, 0.25) is 5.91 Å². The first-order valence-electron chi connectivity index (χ1n) is 6.50. The molecule has 21 heavy (non-hydrogen) atoms. The maximum atomic E-state index is 12.4. The number of benzene rings is 1. The van der Waals surface area contributed by atoms with Crippen LogP contribution in [0.1, 0.15) is 37.6 Å². The minimum absolute atomic E-state index is 0.0395. The second kappa shape index (κ2) is 6.39. The van der Waals surface area contributed by atoms with Crippen LogP contribution in [0.5, 0.6) is 0 Å². The Morgan fingerprint density at radius 1 is 1.05 bits per heavy atom. The number of carboxylic acids is 2. The van der Waals surface area contributed by atoms with E-state index in [1.54, 1.807) is 20.8 Å². The molecule has 1 aromatic carbocycles. The number of aromatic carboxylic acids is 1. The summed E-state index contributed by atoms with van der Waals surface area (Å²) < 4.78 is 0. The highest BCUT2D eigenvalue weighted by Gasteiger charge is 2.28. The molecule has 114 valence electrons. The number of carbonyl (C=O) groups excluding carboxylic acids is 1. The second-order valence-corrected chi connectivity index (χ2v) is 5.70. The van der Waals surface area contributed by atoms with Crippen molar-refractivity contribution in [1.29, 1.82) is 0 Å². The number of amides is 1. The maximum Gasteiger partial charge on any atom is 0.335 e. The number of anilines is 1. The van der Waals surface area contributed by atoms with E-state index in [9.17, 15) is 14.4 Å². The number of hydrogen-bond acceptors (Lipinski definition) is 3. The fourth-order valence-electron chi connectivity index (χ4n) is 1.74. The highest BCUT2D eigenvalue weighted by atomic mass is 16.4. The molecular weight excluding hydrogens is 274 g/mol. The normalized spacial score (nSPS) is 11.0. The third-order valence-electron chi connectivity index (χ3n) is 2.86. The van der Waals surface area contributed by atoms with Crippen molar-refractivity contribution < 1.29 is 24.6 Å².